The summed E-state index contributed by atoms with van der Waals surface area (Å²) in [5.74, 6) is 0.836. The molecule has 0 aliphatic rings. The summed E-state index contributed by atoms with van der Waals surface area (Å²) in [6, 6.07) is 8.01. The number of rotatable bonds is 5. The third-order valence-corrected chi connectivity index (χ3v) is 2.91. The molecule has 108 valence electrons. The van der Waals surface area contributed by atoms with Crippen LogP contribution in [0, 0.1) is 5.41 Å². The van der Waals surface area contributed by atoms with Crippen LogP contribution in [0.3, 0.4) is 0 Å². The Hall–Kier alpha value is -1.81. The minimum atomic E-state index is 0.228. The number of imidazole rings is 1. The van der Waals surface area contributed by atoms with Gasteiger partial charge >= 0.3 is 0 Å². The normalized spacial score (nSPS) is 11.6. The van der Waals surface area contributed by atoms with E-state index in [0.29, 0.717) is 13.2 Å². The maximum absolute atomic E-state index is 5.58. The van der Waals surface area contributed by atoms with Crippen molar-refractivity contribution in [1.82, 2.24) is 9.55 Å². The molecule has 0 aliphatic heterocycles. The van der Waals surface area contributed by atoms with Gasteiger partial charge in [-0.3, -0.25) is 0 Å². The Balaban J connectivity index is 2.25. The first-order valence-electron chi connectivity index (χ1n) is 6.94. The van der Waals surface area contributed by atoms with Crippen LogP contribution in [0.5, 0.6) is 5.75 Å². The Kier molecular flexibility index (Phi) is 4.45. The van der Waals surface area contributed by atoms with Crippen molar-refractivity contribution in [2.75, 3.05) is 13.2 Å². The minimum Gasteiger partial charge on any atom is -0.492 e. The third-order valence-electron chi connectivity index (χ3n) is 2.91. The highest BCUT2D eigenvalue weighted by atomic mass is 16.5. The summed E-state index contributed by atoms with van der Waals surface area (Å²) in [5, 5.41) is 0. The second-order valence-electron chi connectivity index (χ2n) is 6.13. The molecule has 0 unspecified atom stereocenters. The van der Waals surface area contributed by atoms with Gasteiger partial charge in [-0.15, -0.1) is 0 Å². The fourth-order valence-corrected chi connectivity index (χ4v) is 2.13. The predicted octanol–water partition coefficient (Wildman–Crippen LogP) is 2.80. The highest BCUT2D eigenvalue weighted by Crippen LogP contribution is 2.24. The van der Waals surface area contributed by atoms with Gasteiger partial charge in [-0.25, -0.2) is 4.98 Å². The smallest absolute Gasteiger partial charge is 0.121 e. The highest BCUT2D eigenvalue weighted by Gasteiger charge is 2.15. The van der Waals surface area contributed by atoms with Crippen LogP contribution in [-0.2, 0) is 6.42 Å². The molecule has 2 rings (SSSR count). The first kappa shape index (κ1) is 14.6. The number of nitrogens with two attached hydrogens (primary N) is 1. The molecule has 4 heteroatoms. The van der Waals surface area contributed by atoms with Gasteiger partial charge in [0.05, 0.1) is 12.0 Å². The van der Waals surface area contributed by atoms with Gasteiger partial charge in [0.1, 0.15) is 12.4 Å². The topological polar surface area (TPSA) is 53.1 Å². The average molecular weight is 273 g/mol. The maximum atomic E-state index is 5.58. The van der Waals surface area contributed by atoms with E-state index in [2.05, 4.69) is 36.4 Å². The summed E-state index contributed by atoms with van der Waals surface area (Å²) < 4.78 is 7.69. The lowest BCUT2D eigenvalue weighted by Gasteiger charge is -2.19. The van der Waals surface area contributed by atoms with E-state index in [-0.39, 0.29) is 5.41 Å². The highest BCUT2D eigenvalue weighted by molar-refractivity contribution is 5.40. The van der Waals surface area contributed by atoms with E-state index in [9.17, 15) is 0 Å². The second kappa shape index (κ2) is 6.09. The Bertz CT molecular complexity index is 555. The molecule has 4 nitrogen and oxygen atoms in total. The first-order valence-corrected chi connectivity index (χ1v) is 6.94. The van der Waals surface area contributed by atoms with E-state index in [4.69, 9.17) is 10.5 Å². The molecule has 0 saturated carbocycles. The molecule has 1 aromatic heterocycles. The zero-order valence-electron chi connectivity index (χ0n) is 12.5. The number of hydrogen-bond acceptors (Lipinski definition) is 3. The van der Waals surface area contributed by atoms with Gasteiger partial charge in [0.2, 0.25) is 0 Å². The fourth-order valence-electron chi connectivity index (χ4n) is 2.13. The molecule has 0 spiro atoms. The lowest BCUT2D eigenvalue weighted by molar-refractivity contribution is 0.328. The molecule has 20 heavy (non-hydrogen) atoms. The molecule has 1 heterocycles. The Morgan fingerprint density at radius 1 is 1.30 bits per heavy atom. The molecule has 0 fully saturated rings. The second-order valence-corrected chi connectivity index (χ2v) is 6.13. The molecular formula is C16H23N3O. The Morgan fingerprint density at radius 2 is 2.10 bits per heavy atom. The SMILES string of the molecule is CC(C)(C)Cc1cncn1-c1cccc(OCCN)c1. The van der Waals surface area contributed by atoms with Crippen molar-refractivity contribution in [2.24, 2.45) is 11.1 Å². The van der Waals surface area contributed by atoms with Crippen LogP contribution < -0.4 is 10.5 Å². The largest absolute Gasteiger partial charge is 0.492 e. The molecule has 2 N–H and O–H groups in total. The fraction of sp³-hybridized carbons (Fsp3) is 0.438. The van der Waals surface area contributed by atoms with Gasteiger partial charge in [0, 0.05) is 24.5 Å². The maximum Gasteiger partial charge on any atom is 0.121 e. The monoisotopic (exact) mass is 273 g/mol. The van der Waals surface area contributed by atoms with E-state index in [1.165, 1.54) is 5.69 Å². The van der Waals surface area contributed by atoms with E-state index < -0.39 is 0 Å². The molecule has 2 aromatic rings. The van der Waals surface area contributed by atoms with Crippen LogP contribution in [0.15, 0.2) is 36.8 Å². The van der Waals surface area contributed by atoms with Crippen molar-refractivity contribution in [3.8, 4) is 11.4 Å². The number of hydrogen-bond donors (Lipinski definition) is 1. The standard InChI is InChI=1S/C16H23N3O/c1-16(2,3)10-14-11-18-12-19(14)13-5-4-6-15(9-13)20-8-7-17/h4-6,9,11-12H,7-8,10,17H2,1-3H3. The van der Waals surface area contributed by atoms with Gasteiger partial charge in [-0.1, -0.05) is 26.8 Å². The molecule has 0 aliphatic carbocycles. The predicted molar refractivity (Wildman–Crippen MR) is 81.3 cm³/mol. The summed E-state index contributed by atoms with van der Waals surface area (Å²) in [7, 11) is 0. The van der Waals surface area contributed by atoms with Crippen molar-refractivity contribution in [3.63, 3.8) is 0 Å². The zero-order chi connectivity index (χ0) is 14.6. The average Bonchev–Trinajstić information content (AvgIpc) is 2.82. The first-order chi connectivity index (χ1) is 9.49. The molecular weight excluding hydrogens is 250 g/mol. The van der Waals surface area contributed by atoms with Gasteiger partial charge in [0.15, 0.2) is 0 Å². The van der Waals surface area contributed by atoms with Gasteiger partial charge < -0.3 is 15.0 Å². The summed E-state index contributed by atoms with van der Waals surface area (Å²) in [5.41, 5.74) is 7.96. The number of aromatic nitrogens is 2. The molecule has 0 saturated heterocycles. The van der Waals surface area contributed by atoms with Crippen LogP contribution in [0.4, 0.5) is 0 Å². The van der Waals surface area contributed by atoms with E-state index >= 15 is 0 Å². The van der Waals surface area contributed by atoms with Gasteiger partial charge in [0.25, 0.3) is 0 Å². The van der Waals surface area contributed by atoms with E-state index in [1.807, 2.05) is 30.7 Å². The van der Waals surface area contributed by atoms with Crippen molar-refractivity contribution in [2.45, 2.75) is 27.2 Å². The molecule has 0 radical (unpaired) electrons. The quantitative estimate of drug-likeness (QED) is 0.911. The molecule has 0 atom stereocenters. The lowest BCUT2D eigenvalue weighted by atomic mass is 9.91. The lowest BCUT2D eigenvalue weighted by Crippen LogP contribution is -2.13. The van der Waals surface area contributed by atoms with Crippen molar-refractivity contribution in [1.29, 1.82) is 0 Å². The number of ether oxygens (including phenoxy) is 1. The van der Waals surface area contributed by atoms with Crippen LogP contribution in [0.1, 0.15) is 26.5 Å². The van der Waals surface area contributed by atoms with E-state index in [1.54, 1.807) is 0 Å². The molecule has 1 aromatic carbocycles. The van der Waals surface area contributed by atoms with Crippen molar-refractivity contribution >= 4 is 0 Å². The summed E-state index contributed by atoms with van der Waals surface area (Å²) >= 11 is 0. The third kappa shape index (κ3) is 3.84. The molecule has 0 amide bonds. The Morgan fingerprint density at radius 3 is 2.80 bits per heavy atom. The zero-order valence-corrected chi connectivity index (χ0v) is 12.5. The van der Waals surface area contributed by atoms with Crippen LogP contribution in [-0.4, -0.2) is 22.7 Å². The minimum absolute atomic E-state index is 0.228. The van der Waals surface area contributed by atoms with Crippen molar-refractivity contribution < 1.29 is 4.74 Å². The number of benzene rings is 1. The van der Waals surface area contributed by atoms with Gasteiger partial charge in [-0.05, 0) is 24.0 Å². The van der Waals surface area contributed by atoms with Crippen molar-refractivity contribution in [3.05, 3.63) is 42.5 Å². The summed E-state index contributed by atoms with van der Waals surface area (Å²) in [4.78, 5) is 4.28. The van der Waals surface area contributed by atoms with Crippen LogP contribution in [0.2, 0.25) is 0 Å². The summed E-state index contributed by atoms with van der Waals surface area (Å²) in [6.45, 7) is 7.73. The van der Waals surface area contributed by atoms with E-state index in [0.717, 1.165) is 17.9 Å². The molecule has 0 bridgehead atoms. The number of nitrogens with zero attached hydrogens (tertiary/aromatic N) is 2. The van der Waals surface area contributed by atoms with Crippen LogP contribution >= 0.6 is 0 Å². The van der Waals surface area contributed by atoms with Gasteiger partial charge in [-0.2, -0.15) is 0 Å². The van der Waals surface area contributed by atoms with Crippen LogP contribution in [0.25, 0.3) is 5.69 Å². The summed E-state index contributed by atoms with van der Waals surface area (Å²) in [6.07, 6.45) is 4.75. The Labute approximate surface area is 120 Å².